The molecule has 9 heteroatoms. The number of hydrogen-bond donors (Lipinski definition) is 1. The third kappa shape index (κ3) is 4.82. The van der Waals surface area contributed by atoms with Crippen molar-refractivity contribution in [2.45, 2.75) is 39.4 Å². The van der Waals surface area contributed by atoms with Crippen LogP contribution in [0.5, 0.6) is 5.75 Å². The summed E-state index contributed by atoms with van der Waals surface area (Å²) in [5, 5.41) is 3.41. The van der Waals surface area contributed by atoms with Crippen LogP contribution in [0.1, 0.15) is 38.3 Å². The summed E-state index contributed by atoms with van der Waals surface area (Å²) in [6.07, 6.45) is 5.78. The highest BCUT2D eigenvalue weighted by Crippen LogP contribution is 2.38. The zero-order valence-electron chi connectivity index (χ0n) is 20.9. The van der Waals surface area contributed by atoms with E-state index in [9.17, 15) is 9.59 Å². The van der Waals surface area contributed by atoms with Crippen molar-refractivity contribution in [3.63, 3.8) is 0 Å². The van der Waals surface area contributed by atoms with E-state index in [1.165, 1.54) is 17.0 Å². The SMILES string of the molecule is Cn1cc(-c2ncnc3c2COc2ccc(C4=CCN(C(=O)OC(C)(C)C)CC4)cc2N3)ccc1=O. The van der Waals surface area contributed by atoms with Crippen molar-refractivity contribution >= 4 is 23.2 Å². The lowest BCUT2D eigenvalue weighted by Crippen LogP contribution is -2.39. The van der Waals surface area contributed by atoms with Crippen LogP contribution in [0.15, 0.2) is 53.7 Å². The summed E-state index contributed by atoms with van der Waals surface area (Å²) >= 11 is 0. The fraction of sp³-hybridized carbons (Fsp3) is 0.333. The Labute approximate surface area is 209 Å². The number of anilines is 2. The third-order valence-corrected chi connectivity index (χ3v) is 6.14. The molecule has 0 atom stereocenters. The molecule has 0 aliphatic carbocycles. The number of aromatic nitrogens is 3. The van der Waals surface area contributed by atoms with Crippen LogP contribution in [-0.2, 0) is 18.4 Å². The Balaban J connectivity index is 1.39. The molecule has 0 spiro atoms. The van der Waals surface area contributed by atoms with Crippen molar-refractivity contribution in [3.05, 3.63) is 70.4 Å². The molecular weight excluding hydrogens is 458 g/mol. The molecule has 0 fully saturated rings. The third-order valence-electron chi connectivity index (χ3n) is 6.14. The van der Waals surface area contributed by atoms with Gasteiger partial charge in [-0.15, -0.1) is 0 Å². The molecule has 9 nitrogen and oxygen atoms in total. The second-order valence-electron chi connectivity index (χ2n) is 9.95. The number of nitrogens with one attached hydrogen (secondary N) is 1. The van der Waals surface area contributed by atoms with E-state index < -0.39 is 5.60 Å². The van der Waals surface area contributed by atoms with E-state index in [1.807, 2.05) is 39.0 Å². The van der Waals surface area contributed by atoms with E-state index in [0.717, 1.165) is 40.1 Å². The molecule has 4 heterocycles. The zero-order valence-corrected chi connectivity index (χ0v) is 20.9. The second-order valence-corrected chi connectivity index (χ2v) is 9.95. The molecular formula is C27H29N5O4. The molecule has 1 amide bonds. The van der Waals surface area contributed by atoms with Crippen molar-refractivity contribution < 1.29 is 14.3 Å². The standard InChI is InChI=1S/C27H29N5O4/c1-27(2,3)36-26(34)32-11-9-17(10-12-32)18-5-7-22-21(13-18)30-25-20(15-35-22)24(28-16-29-25)19-6-8-23(33)31(4)14-19/h5-9,13-14,16H,10-12,15H2,1-4H3,(H,28,29,30). The number of rotatable bonds is 2. The van der Waals surface area contributed by atoms with Crippen LogP contribution < -0.4 is 15.6 Å². The van der Waals surface area contributed by atoms with Gasteiger partial charge in [-0.05, 0) is 56.5 Å². The summed E-state index contributed by atoms with van der Waals surface area (Å²) in [5.74, 6) is 1.38. The zero-order chi connectivity index (χ0) is 25.4. The molecule has 186 valence electrons. The van der Waals surface area contributed by atoms with Gasteiger partial charge in [0.05, 0.1) is 16.9 Å². The molecule has 2 aliphatic rings. The minimum atomic E-state index is -0.513. The number of fused-ring (bicyclic) bond motifs is 2. The fourth-order valence-corrected chi connectivity index (χ4v) is 4.29. The Morgan fingerprint density at radius 3 is 2.67 bits per heavy atom. The number of amides is 1. The summed E-state index contributed by atoms with van der Waals surface area (Å²) < 4.78 is 13.1. The lowest BCUT2D eigenvalue weighted by molar-refractivity contribution is 0.0270. The predicted octanol–water partition coefficient (Wildman–Crippen LogP) is 4.50. The van der Waals surface area contributed by atoms with E-state index in [2.05, 4.69) is 21.4 Å². The van der Waals surface area contributed by atoms with Crippen LogP contribution in [0, 0.1) is 0 Å². The molecule has 0 saturated carbocycles. The molecule has 0 saturated heterocycles. The molecule has 3 aromatic rings. The summed E-state index contributed by atoms with van der Waals surface area (Å²) in [4.78, 5) is 34.9. The first kappa shape index (κ1) is 23.6. The summed E-state index contributed by atoms with van der Waals surface area (Å²) in [7, 11) is 1.71. The van der Waals surface area contributed by atoms with E-state index in [-0.39, 0.29) is 11.7 Å². The van der Waals surface area contributed by atoms with Crippen molar-refractivity contribution in [3.8, 4) is 17.0 Å². The van der Waals surface area contributed by atoms with Gasteiger partial charge in [-0.25, -0.2) is 14.8 Å². The number of pyridine rings is 1. The highest BCUT2D eigenvalue weighted by atomic mass is 16.6. The average molecular weight is 488 g/mol. The van der Waals surface area contributed by atoms with Crippen LogP contribution in [0.2, 0.25) is 0 Å². The number of nitrogens with zero attached hydrogens (tertiary/aromatic N) is 4. The normalized spacial score (nSPS) is 15.0. The smallest absolute Gasteiger partial charge is 0.410 e. The van der Waals surface area contributed by atoms with Gasteiger partial charge in [-0.2, -0.15) is 0 Å². The highest BCUT2D eigenvalue weighted by Gasteiger charge is 2.25. The maximum atomic E-state index is 12.4. The van der Waals surface area contributed by atoms with Gasteiger partial charge >= 0.3 is 6.09 Å². The Bertz CT molecular complexity index is 1420. The minimum absolute atomic E-state index is 0.0839. The van der Waals surface area contributed by atoms with Crippen molar-refractivity contribution in [2.24, 2.45) is 7.05 Å². The highest BCUT2D eigenvalue weighted by molar-refractivity contribution is 5.79. The Kier molecular flexibility index (Phi) is 5.99. The average Bonchev–Trinajstić information content (AvgIpc) is 3.03. The van der Waals surface area contributed by atoms with Crippen LogP contribution in [-0.4, -0.2) is 44.2 Å². The van der Waals surface area contributed by atoms with Gasteiger partial charge in [0.15, 0.2) is 0 Å². The van der Waals surface area contributed by atoms with Gasteiger partial charge in [0, 0.05) is 38.0 Å². The Morgan fingerprint density at radius 1 is 1.14 bits per heavy atom. The van der Waals surface area contributed by atoms with E-state index >= 15 is 0 Å². The van der Waals surface area contributed by atoms with Gasteiger partial charge < -0.3 is 24.3 Å². The summed E-state index contributed by atoms with van der Waals surface area (Å²) in [5.41, 5.74) is 4.79. The fourth-order valence-electron chi connectivity index (χ4n) is 4.29. The predicted molar refractivity (Wildman–Crippen MR) is 137 cm³/mol. The number of hydrogen-bond acceptors (Lipinski definition) is 7. The number of carbonyl (C=O) groups is 1. The quantitative estimate of drug-likeness (QED) is 0.568. The van der Waals surface area contributed by atoms with Crippen LogP contribution in [0.4, 0.5) is 16.3 Å². The van der Waals surface area contributed by atoms with Gasteiger partial charge in [-0.1, -0.05) is 12.1 Å². The first-order chi connectivity index (χ1) is 17.2. The van der Waals surface area contributed by atoms with Gasteiger partial charge in [0.25, 0.3) is 0 Å². The number of benzene rings is 1. The Hall–Kier alpha value is -4.14. The van der Waals surface area contributed by atoms with E-state index in [0.29, 0.717) is 31.2 Å². The van der Waals surface area contributed by atoms with Gasteiger partial charge in [0.1, 0.15) is 30.1 Å². The number of ether oxygens (including phenoxy) is 2. The maximum absolute atomic E-state index is 12.4. The number of aryl methyl sites for hydroxylation is 1. The van der Waals surface area contributed by atoms with E-state index in [1.54, 1.807) is 24.2 Å². The summed E-state index contributed by atoms with van der Waals surface area (Å²) in [6, 6.07) is 9.32. The van der Waals surface area contributed by atoms with Crippen LogP contribution in [0.25, 0.3) is 16.8 Å². The topological polar surface area (TPSA) is 98.6 Å². The second kappa shape index (κ2) is 9.14. The van der Waals surface area contributed by atoms with E-state index in [4.69, 9.17) is 9.47 Å². The molecule has 5 rings (SSSR count). The lowest BCUT2D eigenvalue weighted by atomic mass is 9.99. The molecule has 0 unspecified atom stereocenters. The Morgan fingerprint density at radius 2 is 1.94 bits per heavy atom. The molecule has 2 aromatic heterocycles. The van der Waals surface area contributed by atoms with Crippen molar-refractivity contribution in [2.75, 3.05) is 18.4 Å². The molecule has 0 bridgehead atoms. The molecule has 36 heavy (non-hydrogen) atoms. The molecule has 1 aromatic carbocycles. The number of carbonyl (C=O) groups excluding carboxylic acids is 1. The van der Waals surface area contributed by atoms with Gasteiger partial charge in [-0.3, -0.25) is 4.79 Å². The van der Waals surface area contributed by atoms with Crippen molar-refractivity contribution in [1.82, 2.24) is 19.4 Å². The first-order valence-electron chi connectivity index (χ1n) is 11.9. The minimum Gasteiger partial charge on any atom is -0.486 e. The lowest BCUT2D eigenvalue weighted by Gasteiger charge is -2.29. The molecule has 0 radical (unpaired) electrons. The molecule has 1 N–H and O–H groups in total. The maximum Gasteiger partial charge on any atom is 0.410 e. The van der Waals surface area contributed by atoms with Crippen LogP contribution >= 0.6 is 0 Å². The summed E-state index contributed by atoms with van der Waals surface area (Å²) in [6.45, 7) is 7.01. The monoisotopic (exact) mass is 487 g/mol. The molecule has 2 aliphatic heterocycles. The van der Waals surface area contributed by atoms with Gasteiger partial charge in [0.2, 0.25) is 5.56 Å². The van der Waals surface area contributed by atoms with Crippen molar-refractivity contribution in [1.29, 1.82) is 0 Å². The largest absolute Gasteiger partial charge is 0.486 e. The first-order valence-corrected chi connectivity index (χ1v) is 11.9. The van der Waals surface area contributed by atoms with Crippen LogP contribution in [0.3, 0.4) is 0 Å².